The molecular weight excluding hydrogens is 701 g/mol. The first-order valence-electron chi connectivity index (χ1n) is 20.5. The highest BCUT2D eigenvalue weighted by Crippen LogP contribution is 2.49. The predicted molar refractivity (Wildman–Crippen MR) is 249 cm³/mol. The summed E-state index contributed by atoms with van der Waals surface area (Å²) in [5, 5.41) is 7.55. The van der Waals surface area contributed by atoms with Gasteiger partial charge in [0.2, 0.25) is 0 Å². The van der Waals surface area contributed by atoms with Gasteiger partial charge in [-0.3, -0.25) is 0 Å². The van der Waals surface area contributed by atoms with Crippen molar-refractivity contribution in [2.45, 2.75) is 33.6 Å². The minimum Gasteiger partial charge on any atom is -0.313 e. The third-order valence-corrected chi connectivity index (χ3v) is 12.3. The lowest BCUT2D eigenvalue weighted by molar-refractivity contribution is 0.588. The highest BCUT2D eigenvalue weighted by Gasteiger charge is 2.30. The van der Waals surface area contributed by atoms with Crippen LogP contribution >= 0.6 is 0 Å². The Hall–Kier alpha value is -6.90. The van der Waals surface area contributed by atoms with E-state index in [2.05, 4.69) is 232 Å². The molecule has 0 fully saturated rings. The number of anilines is 5. The molecule has 2 nitrogen and oxygen atoms in total. The van der Waals surface area contributed by atoms with Crippen molar-refractivity contribution >= 4 is 60.8 Å². The Balaban J connectivity index is 1.19. The third-order valence-electron chi connectivity index (χ3n) is 12.3. The fourth-order valence-electron chi connectivity index (χ4n) is 9.31. The maximum Gasteiger partial charge on any atom is 0.0540 e. The smallest absolute Gasteiger partial charge is 0.0540 e. The molecule has 10 rings (SSSR count). The molecule has 9 aromatic rings. The summed E-state index contributed by atoms with van der Waals surface area (Å²) in [4.78, 5) is 4.99. The molecule has 0 N–H and O–H groups in total. The number of benzene rings is 9. The molecule has 2 atom stereocenters. The second-order valence-electron chi connectivity index (χ2n) is 16.0. The van der Waals surface area contributed by atoms with Crippen LogP contribution in [0.25, 0.3) is 43.4 Å². The van der Waals surface area contributed by atoms with E-state index in [9.17, 15) is 0 Å². The van der Waals surface area contributed by atoms with Gasteiger partial charge in [-0.15, -0.1) is 0 Å². The van der Waals surface area contributed by atoms with Crippen molar-refractivity contribution in [2.24, 2.45) is 5.92 Å². The summed E-state index contributed by atoms with van der Waals surface area (Å²) < 4.78 is 0. The summed E-state index contributed by atoms with van der Waals surface area (Å²) in [6.45, 7) is 8.97. The van der Waals surface area contributed by atoms with E-state index in [-0.39, 0.29) is 11.8 Å². The summed E-state index contributed by atoms with van der Waals surface area (Å²) in [5.74, 6) is 0.518. The van der Waals surface area contributed by atoms with Gasteiger partial charge in [-0.2, -0.15) is 0 Å². The fraction of sp³-hybridized carbons (Fsp3) is 0.107. The van der Waals surface area contributed by atoms with Gasteiger partial charge in [-0.1, -0.05) is 164 Å². The van der Waals surface area contributed by atoms with E-state index in [0.717, 1.165) is 5.69 Å². The maximum absolute atomic E-state index is 2.52. The summed E-state index contributed by atoms with van der Waals surface area (Å²) in [5.41, 5.74) is 14.7. The summed E-state index contributed by atoms with van der Waals surface area (Å²) in [7, 11) is 0. The van der Waals surface area contributed by atoms with Gasteiger partial charge in [0, 0.05) is 45.4 Å². The molecule has 0 heterocycles. The van der Waals surface area contributed by atoms with Crippen LogP contribution in [-0.2, 0) is 0 Å². The Labute approximate surface area is 342 Å². The summed E-state index contributed by atoms with van der Waals surface area (Å²) >= 11 is 0. The van der Waals surface area contributed by atoms with E-state index >= 15 is 0 Å². The molecule has 0 amide bonds. The van der Waals surface area contributed by atoms with Crippen LogP contribution in [0, 0.1) is 26.7 Å². The molecule has 0 aliphatic heterocycles. The first-order valence-corrected chi connectivity index (χ1v) is 20.5. The van der Waals surface area contributed by atoms with E-state index in [1.165, 1.54) is 94.1 Å². The Morgan fingerprint density at radius 2 is 0.983 bits per heavy atom. The van der Waals surface area contributed by atoms with Crippen LogP contribution in [0.1, 0.15) is 35.1 Å². The molecule has 1 aliphatic rings. The number of aryl methyl sites for hydroxylation is 2. The molecule has 0 spiro atoms. The number of hydrogen-bond donors (Lipinski definition) is 0. The first kappa shape index (κ1) is 35.5. The molecule has 0 saturated carbocycles. The van der Waals surface area contributed by atoms with E-state index in [4.69, 9.17) is 0 Å². The molecule has 0 saturated heterocycles. The quantitative estimate of drug-likeness (QED) is 0.143. The van der Waals surface area contributed by atoms with Gasteiger partial charge in [-0.05, 0) is 113 Å². The van der Waals surface area contributed by atoms with Crippen LogP contribution in [0.5, 0.6) is 0 Å². The first-order chi connectivity index (χ1) is 28.4. The van der Waals surface area contributed by atoms with Crippen molar-refractivity contribution in [3.05, 3.63) is 222 Å². The second-order valence-corrected chi connectivity index (χ2v) is 16.0. The van der Waals surface area contributed by atoms with Crippen molar-refractivity contribution in [1.82, 2.24) is 0 Å². The Morgan fingerprint density at radius 1 is 0.448 bits per heavy atom. The zero-order valence-corrected chi connectivity index (χ0v) is 33.5. The van der Waals surface area contributed by atoms with Crippen molar-refractivity contribution in [3.63, 3.8) is 0 Å². The molecule has 9 aromatic carbocycles. The topological polar surface area (TPSA) is 6.48 Å². The lowest BCUT2D eigenvalue weighted by Crippen LogP contribution is -2.26. The monoisotopic (exact) mass is 746 g/mol. The molecule has 1 aliphatic carbocycles. The van der Waals surface area contributed by atoms with E-state index in [0.29, 0.717) is 0 Å². The molecule has 0 aromatic heterocycles. The third kappa shape index (κ3) is 6.04. The van der Waals surface area contributed by atoms with Crippen molar-refractivity contribution in [2.75, 3.05) is 9.80 Å². The number of hydrogen-bond acceptors (Lipinski definition) is 2. The lowest BCUT2D eigenvalue weighted by Gasteiger charge is -2.37. The van der Waals surface area contributed by atoms with E-state index in [1.807, 2.05) is 0 Å². The minimum absolute atomic E-state index is 0.247. The van der Waals surface area contributed by atoms with Gasteiger partial charge in [-0.25, -0.2) is 0 Å². The Morgan fingerprint density at radius 3 is 1.59 bits per heavy atom. The van der Waals surface area contributed by atoms with Gasteiger partial charge >= 0.3 is 0 Å². The van der Waals surface area contributed by atoms with Gasteiger partial charge in [0.15, 0.2) is 0 Å². The van der Waals surface area contributed by atoms with Crippen LogP contribution < -0.4 is 9.80 Å². The number of nitrogens with zero attached hydrogens (tertiary/aromatic N) is 2. The van der Waals surface area contributed by atoms with Gasteiger partial charge < -0.3 is 9.80 Å². The van der Waals surface area contributed by atoms with Crippen LogP contribution in [0.15, 0.2) is 200 Å². The van der Waals surface area contributed by atoms with Crippen LogP contribution in [0.3, 0.4) is 0 Å². The molecule has 58 heavy (non-hydrogen) atoms. The number of allylic oxidation sites excluding steroid dienone is 4. The summed E-state index contributed by atoms with van der Waals surface area (Å²) in [6.07, 6.45) is 6.94. The molecule has 0 radical (unpaired) electrons. The standard InChI is InChI=1S/C56H46N2/c1-37-21-29-45(30-22-37)57(51-19-11-17-47(39(51)3)41-13-7-5-8-14-41)53-35-27-43-26-34-50-54(36-28-44-25-33-49(53)55(43)56(44)50)58(46-31-23-38(2)24-32-46)52-20-12-18-48(40(52)4)42-15-9-6-10-16-42/h5-36,39,47H,1-4H3. The molecular formula is C56H46N2. The van der Waals surface area contributed by atoms with Crippen molar-refractivity contribution in [1.29, 1.82) is 0 Å². The van der Waals surface area contributed by atoms with E-state index in [1.54, 1.807) is 0 Å². The highest BCUT2D eigenvalue weighted by molar-refractivity contribution is 6.28. The van der Waals surface area contributed by atoms with Gasteiger partial charge in [0.1, 0.15) is 0 Å². The zero-order valence-electron chi connectivity index (χ0n) is 33.5. The van der Waals surface area contributed by atoms with Crippen LogP contribution in [0.2, 0.25) is 0 Å². The molecule has 2 heteroatoms. The Bertz CT molecular complexity index is 2980. The predicted octanol–water partition coefficient (Wildman–Crippen LogP) is 15.7. The van der Waals surface area contributed by atoms with Crippen LogP contribution in [-0.4, -0.2) is 0 Å². The van der Waals surface area contributed by atoms with E-state index < -0.39 is 0 Å². The fourth-order valence-corrected chi connectivity index (χ4v) is 9.31. The average molecular weight is 747 g/mol. The largest absolute Gasteiger partial charge is 0.313 e. The minimum atomic E-state index is 0.247. The second kappa shape index (κ2) is 14.6. The molecule has 280 valence electrons. The lowest BCUT2D eigenvalue weighted by atomic mass is 9.81. The van der Waals surface area contributed by atoms with Crippen LogP contribution in [0.4, 0.5) is 28.4 Å². The maximum atomic E-state index is 2.52. The average Bonchev–Trinajstić information content (AvgIpc) is 3.26. The summed E-state index contributed by atoms with van der Waals surface area (Å²) in [6, 6.07) is 65.0. The number of rotatable bonds is 8. The molecule has 2 unspecified atom stereocenters. The Kier molecular flexibility index (Phi) is 8.91. The van der Waals surface area contributed by atoms with Crippen molar-refractivity contribution < 1.29 is 0 Å². The molecule has 0 bridgehead atoms. The van der Waals surface area contributed by atoms with Crippen molar-refractivity contribution in [3.8, 4) is 11.1 Å². The SMILES string of the molecule is Cc1ccc(N(C2=CC=CC(c3ccccc3)C2C)c2ccc3ccc4c(N(c5ccc(C)cc5)c5cccc(-c6ccccc6)c5C)ccc5ccc2c3c54)cc1. The zero-order chi connectivity index (χ0) is 39.3. The van der Waals surface area contributed by atoms with Gasteiger partial charge in [0.05, 0.1) is 11.4 Å². The highest BCUT2D eigenvalue weighted by atomic mass is 15.2. The van der Waals surface area contributed by atoms with Gasteiger partial charge in [0.25, 0.3) is 0 Å². The normalized spacial score (nSPS) is 15.3.